The van der Waals surface area contributed by atoms with Crippen LogP contribution in [0.1, 0.15) is 19.4 Å². The molecule has 0 unspecified atom stereocenters. The van der Waals surface area contributed by atoms with Gasteiger partial charge in [-0.25, -0.2) is 4.39 Å². The molecular weight excluding hydrogens is 323 g/mol. The molecule has 2 rings (SSSR count). The highest BCUT2D eigenvalue weighted by atomic mass is 79.9. The van der Waals surface area contributed by atoms with Gasteiger partial charge in [-0.15, -0.1) is 0 Å². The van der Waals surface area contributed by atoms with Gasteiger partial charge in [0.25, 0.3) is 0 Å². The first kappa shape index (κ1) is 14.9. The van der Waals surface area contributed by atoms with Crippen molar-refractivity contribution < 1.29 is 9.13 Å². The maximum absolute atomic E-state index is 14.0. The van der Waals surface area contributed by atoms with Crippen LogP contribution < -0.4 is 10.1 Å². The number of benzene rings is 1. The quantitative estimate of drug-likeness (QED) is 0.883. The third-order valence-corrected chi connectivity index (χ3v) is 3.05. The molecule has 0 atom stereocenters. The van der Waals surface area contributed by atoms with Gasteiger partial charge in [0.05, 0.1) is 6.20 Å². The van der Waals surface area contributed by atoms with Crippen molar-refractivity contribution in [2.45, 2.75) is 26.4 Å². The molecule has 0 amide bonds. The zero-order valence-corrected chi connectivity index (χ0v) is 12.9. The van der Waals surface area contributed by atoms with Gasteiger partial charge in [0.1, 0.15) is 5.75 Å². The van der Waals surface area contributed by atoms with Gasteiger partial charge in [-0.1, -0.05) is 19.9 Å². The van der Waals surface area contributed by atoms with Crippen LogP contribution in [0, 0.1) is 5.82 Å². The minimum Gasteiger partial charge on any atom is -0.453 e. The molecule has 0 spiro atoms. The fourth-order valence-corrected chi connectivity index (χ4v) is 1.98. The van der Waals surface area contributed by atoms with E-state index in [2.05, 4.69) is 26.2 Å². The molecule has 0 aliphatic carbocycles. The highest BCUT2D eigenvalue weighted by Crippen LogP contribution is 2.26. The van der Waals surface area contributed by atoms with E-state index in [0.29, 0.717) is 18.3 Å². The van der Waals surface area contributed by atoms with E-state index in [4.69, 9.17) is 4.74 Å². The number of nitrogens with zero attached hydrogens (tertiary/aromatic N) is 1. The van der Waals surface area contributed by atoms with Gasteiger partial charge in [-0.05, 0) is 39.7 Å². The fourth-order valence-electron chi connectivity index (χ4n) is 1.63. The van der Waals surface area contributed by atoms with E-state index in [1.165, 1.54) is 6.07 Å². The number of ether oxygens (including phenoxy) is 1. The minimum absolute atomic E-state index is 0.193. The Balaban J connectivity index is 2.09. The highest BCUT2D eigenvalue weighted by molar-refractivity contribution is 9.10. The summed E-state index contributed by atoms with van der Waals surface area (Å²) in [6.45, 7) is 4.73. The second-order valence-corrected chi connectivity index (χ2v) is 5.66. The first-order valence-corrected chi connectivity index (χ1v) is 7.14. The van der Waals surface area contributed by atoms with E-state index in [1.807, 2.05) is 19.9 Å². The molecule has 20 heavy (non-hydrogen) atoms. The summed E-state index contributed by atoms with van der Waals surface area (Å²) in [5, 5.41) is 3.24. The Kier molecular flexibility index (Phi) is 5.09. The van der Waals surface area contributed by atoms with Crippen molar-refractivity contribution >= 4 is 15.9 Å². The molecule has 0 bridgehead atoms. The van der Waals surface area contributed by atoms with Crippen LogP contribution in [0.25, 0.3) is 0 Å². The molecule has 1 aromatic heterocycles. The lowest BCUT2D eigenvalue weighted by molar-refractivity contribution is 0.439. The van der Waals surface area contributed by atoms with Crippen LogP contribution in [0.4, 0.5) is 4.39 Å². The second kappa shape index (κ2) is 6.81. The molecule has 106 valence electrons. The van der Waals surface area contributed by atoms with Crippen molar-refractivity contribution in [3.05, 3.63) is 52.5 Å². The molecular formula is C15H16BrFN2O. The molecule has 0 saturated heterocycles. The van der Waals surface area contributed by atoms with Crippen molar-refractivity contribution in [2.24, 2.45) is 0 Å². The maximum Gasteiger partial charge on any atom is 0.166 e. The Hall–Kier alpha value is -1.46. The van der Waals surface area contributed by atoms with Crippen LogP contribution in [0.15, 0.2) is 41.1 Å². The Morgan fingerprint density at radius 2 is 2.10 bits per heavy atom. The van der Waals surface area contributed by atoms with Crippen molar-refractivity contribution in [3.63, 3.8) is 0 Å². The van der Waals surface area contributed by atoms with E-state index >= 15 is 0 Å². The molecule has 3 nitrogen and oxygen atoms in total. The topological polar surface area (TPSA) is 34.1 Å². The van der Waals surface area contributed by atoms with E-state index in [9.17, 15) is 4.39 Å². The minimum atomic E-state index is -0.381. The van der Waals surface area contributed by atoms with Crippen LogP contribution >= 0.6 is 15.9 Å². The van der Waals surface area contributed by atoms with E-state index < -0.39 is 0 Å². The Bertz CT molecular complexity index is 590. The first-order chi connectivity index (χ1) is 9.54. The number of halogens is 2. The molecule has 0 aliphatic heterocycles. The molecule has 5 heteroatoms. The van der Waals surface area contributed by atoms with Gasteiger partial charge >= 0.3 is 0 Å². The Morgan fingerprint density at radius 3 is 2.75 bits per heavy atom. The van der Waals surface area contributed by atoms with Crippen molar-refractivity contribution in [1.82, 2.24) is 10.3 Å². The lowest BCUT2D eigenvalue weighted by Crippen LogP contribution is -2.21. The first-order valence-electron chi connectivity index (χ1n) is 6.35. The Labute approximate surface area is 126 Å². The van der Waals surface area contributed by atoms with Crippen molar-refractivity contribution in [2.75, 3.05) is 0 Å². The predicted molar refractivity (Wildman–Crippen MR) is 80.4 cm³/mol. The van der Waals surface area contributed by atoms with E-state index in [0.717, 1.165) is 10.0 Å². The second-order valence-electron chi connectivity index (χ2n) is 4.74. The zero-order chi connectivity index (χ0) is 14.5. The molecule has 2 aromatic rings. The van der Waals surface area contributed by atoms with Crippen molar-refractivity contribution in [3.8, 4) is 11.5 Å². The van der Waals surface area contributed by atoms with Crippen LogP contribution in [0.5, 0.6) is 11.5 Å². The average molecular weight is 339 g/mol. The number of rotatable bonds is 5. The van der Waals surface area contributed by atoms with Gasteiger partial charge in [0.15, 0.2) is 11.6 Å². The van der Waals surface area contributed by atoms with Gasteiger partial charge < -0.3 is 10.1 Å². The summed E-state index contributed by atoms with van der Waals surface area (Å²) in [4.78, 5) is 3.97. The highest BCUT2D eigenvalue weighted by Gasteiger charge is 2.07. The van der Waals surface area contributed by atoms with Crippen LogP contribution in [-0.4, -0.2) is 11.0 Å². The number of nitrogens with one attached hydrogen (secondary N) is 1. The zero-order valence-electron chi connectivity index (χ0n) is 11.4. The maximum atomic E-state index is 14.0. The third-order valence-electron chi connectivity index (χ3n) is 2.62. The van der Waals surface area contributed by atoms with E-state index in [-0.39, 0.29) is 11.6 Å². The van der Waals surface area contributed by atoms with E-state index in [1.54, 1.807) is 24.5 Å². The fraction of sp³-hybridized carbons (Fsp3) is 0.267. The molecule has 1 N–H and O–H groups in total. The summed E-state index contributed by atoms with van der Waals surface area (Å²) in [5.74, 6) is 0.303. The lowest BCUT2D eigenvalue weighted by atomic mass is 10.2. The Morgan fingerprint density at radius 1 is 1.30 bits per heavy atom. The molecule has 0 radical (unpaired) electrons. The molecule has 0 fully saturated rings. The predicted octanol–water partition coefficient (Wildman–Crippen LogP) is 4.27. The molecule has 0 saturated carbocycles. The number of pyridine rings is 1. The van der Waals surface area contributed by atoms with Crippen molar-refractivity contribution in [1.29, 1.82) is 0 Å². The van der Waals surface area contributed by atoms with Crippen LogP contribution in [-0.2, 0) is 6.54 Å². The largest absolute Gasteiger partial charge is 0.453 e. The number of hydrogen-bond donors (Lipinski definition) is 1. The molecule has 1 aromatic carbocycles. The monoisotopic (exact) mass is 338 g/mol. The number of hydrogen-bond acceptors (Lipinski definition) is 3. The average Bonchev–Trinajstić information content (AvgIpc) is 2.39. The van der Waals surface area contributed by atoms with Gasteiger partial charge in [0, 0.05) is 23.3 Å². The summed E-state index contributed by atoms with van der Waals surface area (Å²) >= 11 is 3.30. The summed E-state index contributed by atoms with van der Waals surface area (Å²) < 4.78 is 20.2. The van der Waals surface area contributed by atoms with Gasteiger partial charge in [-0.3, -0.25) is 4.98 Å². The molecule has 1 heterocycles. The van der Waals surface area contributed by atoms with Gasteiger partial charge in [0.2, 0.25) is 0 Å². The van der Waals surface area contributed by atoms with Crippen LogP contribution in [0.2, 0.25) is 0 Å². The summed E-state index contributed by atoms with van der Waals surface area (Å²) in [7, 11) is 0. The summed E-state index contributed by atoms with van der Waals surface area (Å²) in [5.41, 5.74) is 0.885. The summed E-state index contributed by atoms with van der Waals surface area (Å²) in [6.07, 6.45) is 3.18. The SMILES string of the molecule is CC(C)NCc1ccc(Oc2cncc(Br)c2)c(F)c1. The number of aromatic nitrogens is 1. The lowest BCUT2D eigenvalue weighted by Gasteiger charge is -2.10. The molecule has 0 aliphatic rings. The smallest absolute Gasteiger partial charge is 0.166 e. The van der Waals surface area contributed by atoms with Gasteiger partial charge in [-0.2, -0.15) is 0 Å². The normalized spacial score (nSPS) is 10.8. The van der Waals surface area contributed by atoms with Crippen LogP contribution in [0.3, 0.4) is 0 Å². The standard InChI is InChI=1S/C15H16BrFN2O/c1-10(2)19-7-11-3-4-15(14(17)5-11)20-13-6-12(16)8-18-9-13/h3-6,8-10,19H,7H2,1-2H3. The third kappa shape index (κ3) is 4.28. The summed E-state index contributed by atoms with van der Waals surface area (Å²) in [6, 6.07) is 7.06.